The number of benzene rings is 1. The van der Waals surface area contributed by atoms with Crippen LogP contribution < -0.4 is 21.3 Å². The van der Waals surface area contributed by atoms with E-state index in [0.29, 0.717) is 5.56 Å². The summed E-state index contributed by atoms with van der Waals surface area (Å²) in [5.74, 6) is -3.22. The summed E-state index contributed by atoms with van der Waals surface area (Å²) in [6.07, 6.45) is -0.0639. The second-order valence-electron chi connectivity index (χ2n) is 9.07. The number of hydrogen-bond acceptors (Lipinski definition) is 6. The van der Waals surface area contributed by atoms with E-state index in [2.05, 4.69) is 21.3 Å². The van der Waals surface area contributed by atoms with Gasteiger partial charge in [0.2, 0.25) is 29.5 Å². The van der Waals surface area contributed by atoms with Crippen molar-refractivity contribution >= 4 is 52.7 Å². The van der Waals surface area contributed by atoms with E-state index in [0.717, 1.165) is 0 Å². The number of nitrogens with one attached hydrogen (secondary N) is 4. The molecule has 3 rings (SSSR count). The van der Waals surface area contributed by atoms with Crippen LogP contribution in [0.4, 0.5) is 0 Å². The van der Waals surface area contributed by atoms with Gasteiger partial charge in [-0.25, -0.2) is 0 Å². The summed E-state index contributed by atoms with van der Waals surface area (Å²) in [7, 11) is 0. The number of alkyl halides is 2. The molecule has 2 aliphatic rings. The van der Waals surface area contributed by atoms with Crippen LogP contribution in [0.5, 0.6) is 0 Å². The largest absolute Gasteiger partial charge is 0.394 e. The Balaban J connectivity index is 1.97. The van der Waals surface area contributed by atoms with Crippen molar-refractivity contribution in [3.05, 3.63) is 35.9 Å². The standard InChI is InChI=1S/C24H31Cl2N5O6/c1-3-15-21(34)30-17(11-32)22(35)29-16(13-7-5-4-6-8-13)9-18(33)27-12(2)24(37)31-10-14(25)19(26)20(31)23(36)28-15/h4-8,12,14-17,19-20,32H,3,9-11H2,1-2H3,(H,27,33)(H,28,36)(H,29,35)(H,30,34)/t12-,14+,15+,16+,17-,19+,20-/m0/s1. The average Bonchev–Trinajstić information content (AvgIpc) is 3.18. The molecule has 7 atom stereocenters. The van der Waals surface area contributed by atoms with Crippen molar-refractivity contribution in [2.45, 2.75) is 67.7 Å². The first-order chi connectivity index (χ1) is 17.6. The first kappa shape index (κ1) is 28.7. The first-order valence-corrected chi connectivity index (χ1v) is 12.9. The third-order valence-electron chi connectivity index (χ3n) is 6.42. The molecule has 13 heteroatoms. The molecule has 0 aliphatic carbocycles. The smallest absolute Gasteiger partial charge is 0.245 e. The fourth-order valence-electron chi connectivity index (χ4n) is 4.37. The lowest BCUT2D eigenvalue weighted by Crippen LogP contribution is -2.59. The normalized spacial score (nSPS) is 32.2. The highest BCUT2D eigenvalue weighted by molar-refractivity contribution is 6.32. The van der Waals surface area contributed by atoms with Gasteiger partial charge in [-0.05, 0) is 18.9 Å². The molecule has 0 aromatic heterocycles. The van der Waals surface area contributed by atoms with Gasteiger partial charge in [-0.2, -0.15) is 0 Å². The van der Waals surface area contributed by atoms with Gasteiger partial charge < -0.3 is 31.3 Å². The monoisotopic (exact) mass is 555 g/mol. The predicted molar refractivity (Wildman–Crippen MR) is 136 cm³/mol. The summed E-state index contributed by atoms with van der Waals surface area (Å²) in [4.78, 5) is 66.4. The van der Waals surface area contributed by atoms with E-state index in [1.807, 2.05) is 0 Å². The zero-order valence-electron chi connectivity index (χ0n) is 20.4. The van der Waals surface area contributed by atoms with Crippen LogP contribution in [0.2, 0.25) is 0 Å². The molecule has 5 amide bonds. The van der Waals surface area contributed by atoms with Crippen LogP contribution in [0, 0.1) is 0 Å². The van der Waals surface area contributed by atoms with Gasteiger partial charge in [0.25, 0.3) is 0 Å². The van der Waals surface area contributed by atoms with Gasteiger partial charge in [-0.1, -0.05) is 37.3 Å². The third kappa shape index (κ3) is 6.71. The summed E-state index contributed by atoms with van der Waals surface area (Å²) < 4.78 is 0. The van der Waals surface area contributed by atoms with E-state index in [1.165, 1.54) is 11.8 Å². The molecule has 2 saturated heterocycles. The lowest BCUT2D eigenvalue weighted by Gasteiger charge is -2.30. The number of halogens is 2. The van der Waals surface area contributed by atoms with Crippen LogP contribution in [0.25, 0.3) is 0 Å². The van der Waals surface area contributed by atoms with Gasteiger partial charge in [0, 0.05) is 6.54 Å². The molecule has 1 aromatic rings. The van der Waals surface area contributed by atoms with Crippen LogP contribution in [-0.4, -0.2) is 87.6 Å². The van der Waals surface area contributed by atoms with Crippen molar-refractivity contribution in [3.63, 3.8) is 0 Å². The Hall–Kier alpha value is -2.89. The SMILES string of the molecule is CC[C@H]1NC(=O)[C@@H]2[C@H](Cl)[C@H](Cl)CN2C(=O)[C@H](C)NC(=O)C[C@H](c2ccccc2)NC(=O)[C@H](CO)NC1=O. The van der Waals surface area contributed by atoms with Crippen LogP contribution in [0.15, 0.2) is 30.3 Å². The molecule has 1 aromatic carbocycles. The number of aliphatic hydroxyl groups excluding tert-OH is 1. The van der Waals surface area contributed by atoms with E-state index >= 15 is 0 Å². The topological polar surface area (TPSA) is 157 Å². The summed E-state index contributed by atoms with van der Waals surface area (Å²) in [5.41, 5.74) is 0.613. The molecule has 0 spiro atoms. The van der Waals surface area contributed by atoms with Gasteiger partial charge in [-0.3, -0.25) is 24.0 Å². The fraction of sp³-hybridized carbons (Fsp3) is 0.542. The first-order valence-electron chi connectivity index (χ1n) is 12.0. The highest BCUT2D eigenvalue weighted by Crippen LogP contribution is 2.29. The Morgan fingerprint density at radius 1 is 0.919 bits per heavy atom. The van der Waals surface area contributed by atoms with Gasteiger partial charge in [0.1, 0.15) is 24.2 Å². The summed E-state index contributed by atoms with van der Waals surface area (Å²) in [6.45, 7) is 2.39. The molecule has 0 saturated carbocycles. The highest BCUT2D eigenvalue weighted by Gasteiger charge is 2.48. The molecule has 0 bridgehead atoms. The second kappa shape index (κ2) is 12.6. The maximum absolute atomic E-state index is 13.2. The van der Waals surface area contributed by atoms with E-state index in [4.69, 9.17) is 23.2 Å². The Morgan fingerprint density at radius 3 is 2.16 bits per heavy atom. The zero-order chi connectivity index (χ0) is 27.3. The zero-order valence-corrected chi connectivity index (χ0v) is 22.0. The summed E-state index contributed by atoms with van der Waals surface area (Å²) >= 11 is 12.7. The number of aliphatic hydroxyl groups is 1. The van der Waals surface area contributed by atoms with Crippen molar-refractivity contribution in [3.8, 4) is 0 Å². The second-order valence-corrected chi connectivity index (χ2v) is 10.1. The van der Waals surface area contributed by atoms with Crippen LogP contribution in [0.3, 0.4) is 0 Å². The molecule has 11 nitrogen and oxygen atoms in total. The number of fused-ring (bicyclic) bond motifs is 1. The van der Waals surface area contributed by atoms with E-state index in [1.54, 1.807) is 37.3 Å². The Labute approximate surface area is 224 Å². The summed E-state index contributed by atoms with van der Waals surface area (Å²) in [6, 6.07) is 3.27. The number of amides is 5. The number of rotatable bonds is 3. The molecule has 2 fully saturated rings. The van der Waals surface area contributed by atoms with Crippen LogP contribution in [0.1, 0.15) is 38.3 Å². The minimum absolute atomic E-state index is 0.0227. The maximum Gasteiger partial charge on any atom is 0.245 e. The maximum atomic E-state index is 13.2. The molecular formula is C24H31Cl2N5O6. The van der Waals surface area contributed by atoms with Crippen molar-refractivity contribution in [2.24, 2.45) is 0 Å². The number of hydrogen-bond donors (Lipinski definition) is 5. The van der Waals surface area contributed by atoms with E-state index in [-0.39, 0.29) is 19.4 Å². The minimum atomic E-state index is -1.34. The molecule has 5 N–H and O–H groups in total. The fourth-order valence-corrected chi connectivity index (χ4v) is 4.98. The van der Waals surface area contributed by atoms with Gasteiger partial charge in [-0.15, -0.1) is 23.2 Å². The van der Waals surface area contributed by atoms with E-state index < -0.39 is 77.1 Å². The molecule has 2 aliphatic heterocycles. The molecule has 0 unspecified atom stereocenters. The van der Waals surface area contributed by atoms with Crippen molar-refractivity contribution < 1.29 is 29.1 Å². The Morgan fingerprint density at radius 2 is 1.54 bits per heavy atom. The molecular weight excluding hydrogens is 525 g/mol. The average molecular weight is 556 g/mol. The van der Waals surface area contributed by atoms with Gasteiger partial charge in [0.15, 0.2) is 0 Å². The van der Waals surface area contributed by atoms with Crippen LogP contribution >= 0.6 is 23.2 Å². The molecule has 202 valence electrons. The molecule has 37 heavy (non-hydrogen) atoms. The quantitative estimate of drug-likeness (QED) is 0.318. The van der Waals surface area contributed by atoms with Gasteiger partial charge >= 0.3 is 0 Å². The highest BCUT2D eigenvalue weighted by atomic mass is 35.5. The van der Waals surface area contributed by atoms with Crippen LogP contribution in [-0.2, 0) is 24.0 Å². The van der Waals surface area contributed by atoms with Crippen molar-refractivity contribution in [1.82, 2.24) is 26.2 Å². The lowest BCUT2D eigenvalue weighted by atomic mass is 10.0. The lowest BCUT2D eigenvalue weighted by molar-refractivity contribution is -0.142. The van der Waals surface area contributed by atoms with Crippen molar-refractivity contribution in [1.29, 1.82) is 0 Å². The number of carbonyl (C=O) groups excluding carboxylic acids is 5. The number of carbonyl (C=O) groups is 5. The Kier molecular flexibility index (Phi) is 9.74. The van der Waals surface area contributed by atoms with E-state index in [9.17, 15) is 29.1 Å². The Bertz CT molecular complexity index is 1030. The number of nitrogens with zero attached hydrogens (tertiary/aromatic N) is 1. The molecule has 2 heterocycles. The third-order valence-corrected chi connectivity index (χ3v) is 7.50. The summed E-state index contributed by atoms with van der Waals surface area (Å²) in [5, 5.41) is 18.5. The van der Waals surface area contributed by atoms with Gasteiger partial charge in [0.05, 0.1) is 29.8 Å². The van der Waals surface area contributed by atoms with Crippen molar-refractivity contribution in [2.75, 3.05) is 13.2 Å². The predicted octanol–water partition coefficient (Wildman–Crippen LogP) is -0.450. The molecule has 0 radical (unpaired) electrons. The minimum Gasteiger partial charge on any atom is -0.394 e.